The van der Waals surface area contributed by atoms with Gasteiger partial charge in [-0.15, -0.1) is 0 Å². The van der Waals surface area contributed by atoms with Crippen LogP contribution < -0.4 is 20.4 Å². The lowest BCUT2D eigenvalue weighted by Gasteiger charge is -2.46. The molecule has 0 aliphatic carbocycles. The van der Waals surface area contributed by atoms with Gasteiger partial charge in [0.1, 0.15) is 34.7 Å². The third-order valence-corrected chi connectivity index (χ3v) is 11.1. The number of ketones is 1. The molecule has 4 rings (SSSR count). The van der Waals surface area contributed by atoms with Gasteiger partial charge in [0.25, 0.3) is 5.91 Å². The molecule has 52 heavy (non-hydrogen) atoms. The summed E-state index contributed by atoms with van der Waals surface area (Å²) in [6.45, 7) is 6.47. The number of carbonyl (C=O) groups is 3. The Kier molecular flexibility index (Phi) is 13.1. The molecular formula is C36H45F2N4O9P. The molecule has 2 heterocycles. The predicted molar refractivity (Wildman–Crippen MR) is 189 cm³/mol. The van der Waals surface area contributed by atoms with E-state index in [-0.39, 0.29) is 50.1 Å². The van der Waals surface area contributed by atoms with Gasteiger partial charge >= 0.3 is 13.5 Å². The highest BCUT2D eigenvalue weighted by molar-refractivity contribution is 7.57. The summed E-state index contributed by atoms with van der Waals surface area (Å²) in [5.41, 5.74) is -3.13. The van der Waals surface area contributed by atoms with E-state index >= 15 is 0 Å². The normalized spacial score (nSPS) is 18.8. The number of nitrogens with zero attached hydrogens (tertiary/aromatic N) is 2. The van der Waals surface area contributed by atoms with Crippen molar-refractivity contribution in [2.75, 3.05) is 33.5 Å². The summed E-state index contributed by atoms with van der Waals surface area (Å²) in [6, 6.07) is 9.66. The van der Waals surface area contributed by atoms with Crippen LogP contribution in [-0.2, 0) is 31.9 Å². The average molecular weight is 747 g/mol. The Morgan fingerprint density at radius 1 is 1.13 bits per heavy atom. The maximum Gasteiger partial charge on any atom is 0.323 e. The van der Waals surface area contributed by atoms with Crippen molar-refractivity contribution in [2.45, 2.75) is 65.4 Å². The largest absolute Gasteiger partial charge is 0.503 e. The maximum absolute atomic E-state index is 14.4. The second kappa shape index (κ2) is 16.9. The summed E-state index contributed by atoms with van der Waals surface area (Å²) in [7, 11) is -0.622. The molecule has 0 spiro atoms. The van der Waals surface area contributed by atoms with Gasteiger partial charge in [-0.3, -0.25) is 28.6 Å². The van der Waals surface area contributed by atoms with Gasteiger partial charge in [-0.2, -0.15) is 0 Å². The smallest absolute Gasteiger partial charge is 0.323 e. The number of methoxy groups -OCH3 is 1. The number of fused-ring (bicyclic) bond motifs is 1. The standard InChI is InChI=1S/C36H45F2N4O9P/c1-22(2)50-35(47)23(3)40-52(48,51-26-10-8-7-9-11-26)17-15-41(5)29-21-42-20-27(34(46)39-19-24-12-13-25(37)18-28(24)38)31(43)32(44)30(42)33(45)36(29,4)14-16-49-6/h7-13,18,20,22-23,29,44H,14-17,19,21H2,1-6H3,(H,39,46)(H,40,48)/t23-,29?,36?,52?/m1/s1. The van der Waals surface area contributed by atoms with E-state index in [1.54, 1.807) is 63.1 Å². The van der Waals surface area contributed by atoms with Crippen LogP contribution in [0.15, 0.2) is 59.5 Å². The van der Waals surface area contributed by atoms with E-state index in [9.17, 15) is 37.6 Å². The summed E-state index contributed by atoms with van der Waals surface area (Å²) >= 11 is 0. The van der Waals surface area contributed by atoms with Crippen molar-refractivity contribution in [2.24, 2.45) is 5.41 Å². The summed E-state index contributed by atoms with van der Waals surface area (Å²) in [6.07, 6.45) is 0.840. The van der Waals surface area contributed by atoms with Gasteiger partial charge < -0.3 is 29.0 Å². The first-order valence-corrected chi connectivity index (χ1v) is 18.5. The zero-order valence-corrected chi connectivity index (χ0v) is 30.9. The number of carbonyl (C=O) groups excluding carboxylic acids is 3. The third kappa shape index (κ3) is 9.32. The van der Waals surface area contributed by atoms with Gasteiger partial charge in [0.05, 0.1) is 17.7 Å². The van der Waals surface area contributed by atoms with Crippen LogP contribution in [-0.4, -0.2) is 83.9 Å². The molecule has 0 bridgehead atoms. The number of pyridine rings is 1. The Labute approximate surface area is 300 Å². The second-order valence-corrected chi connectivity index (χ2v) is 15.5. The second-order valence-electron chi connectivity index (χ2n) is 13.3. The molecule has 0 saturated carbocycles. The number of aromatic nitrogens is 1. The zero-order valence-electron chi connectivity index (χ0n) is 30.0. The molecule has 282 valence electrons. The van der Waals surface area contributed by atoms with Gasteiger partial charge in [0.2, 0.25) is 5.43 Å². The van der Waals surface area contributed by atoms with Crippen LogP contribution >= 0.6 is 7.52 Å². The molecule has 4 atom stereocenters. The van der Waals surface area contributed by atoms with Crippen molar-refractivity contribution in [1.29, 1.82) is 0 Å². The Morgan fingerprint density at radius 2 is 1.83 bits per heavy atom. The third-order valence-electron chi connectivity index (χ3n) is 8.99. The Morgan fingerprint density at radius 3 is 2.46 bits per heavy atom. The van der Waals surface area contributed by atoms with E-state index in [4.69, 9.17) is 14.0 Å². The van der Waals surface area contributed by atoms with E-state index in [0.717, 1.165) is 18.3 Å². The number of benzene rings is 2. The average Bonchev–Trinajstić information content (AvgIpc) is 3.08. The Hall–Kier alpha value is -4.43. The highest BCUT2D eigenvalue weighted by Gasteiger charge is 2.49. The van der Waals surface area contributed by atoms with Crippen molar-refractivity contribution in [3.63, 3.8) is 0 Å². The summed E-state index contributed by atoms with van der Waals surface area (Å²) in [5, 5.41) is 16.3. The zero-order chi connectivity index (χ0) is 38.4. The molecule has 3 N–H and O–H groups in total. The van der Waals surface area contributed by atoms with Crippen LogP contribution in [0, 0.1) is 17.0 Å². The van der Waals surface area contributed by atoms with Crippen molar-refractivity contribution in [1.82, 2.24) is 19.9 Å². The van der Waals surface area contributed by atoms with Crippen LogP contribution in [0.4, 0.5) is 8.78 Å². The molecule has 3 unspecified atom stereocenters. The lowest BCUT2D eigenvalue weighted by molar-refractivity contribution is -0.149. The quantitative estimate of drug-likeness (QED) is 0.140. The number of halogens is 2. The van der Waals surface area contributed by atoms with Crippen molar-refractivity contribution in [3.05, 3.63) is 93.4 Å². The Balaban J connectivity index is 1.64. The van der Waals surface area contributed by atoms with Gasteiger partial charge in [-0.25, -0.2) is 13.9 Å². The fourth-order valence-corrected chi connectivity index (χ4v) is 8.08. The number of likely N-dealkylation sites (N-methyl/N-ethyl adjacent to an activating group) is 1. The molecule has 2 aromatic carbocycles. The predicted octanol–water partition coefficient (Wildman–Crippen LogP) is 4.50. The molecular weight excluding hydrogens is 701 g/mol. The van der Waals surface area contributed by atoms with Crippen molar-refractivity contribution < 1.29 is 46.8 Å². The summed E-state index contributed by atoms with van der Waals surface area (Å²) in [5.74, 6) is -4.42. The SMILES string of the molecule is COCCC1(C)C(=O)c2c(O)c(=O)c(C(=O)NCc3ccc(F)cc3F)cn2CC1N(C)CCP(=O)(N[C@H](C)C(=O)OC(C)C)Oc1ccccc1. The number of nitrogens with one attached hydrogen (secondary N) is 2. The lowest BCUT2D eigenvalue weighted by Crippen LogP contribution is -2.56. The number of hydrogen-bond donors (Lipinski definition) is 3. The molecule has 0 radical (unpaired) electrons. The van der Waals surface area contributed by atoms with E-state index in [1.165, 1.54) is 18.6 Å². The molecule has 0 saturated heterocycles. The molecule has 16 heteroatoms. The number of esters is 1. The van der Waals surface area contributed by atoms with Crippen molar-refractivity contribution in [3.8, 4) is 11.5 Å². The molecule has 0 fully saturated rings. The van der Waals surface area contributed by atoms with Gasteiger partial charge in [0.15, 0.2) is 11.5 Å². The maximum atomic E-state index is 14.4. The van der Waals surface area contributed by atoms with Crippen LogP contribution in [0.1, 0.15) is 60.5 Å². The molecule has 3 aromatic rings. The lowest BCUT2D eigenvalue weighted by atomic mass is 9.71. The van der Waals surface area contributed by atoms with E-state index in [2.05, 4.69) is 10.4 Å². The highest BCUT2D eigenvalue weighted by atomic mass is 31.2. The molecule has 1 aliphatic heterocycles. The minimum atomic E-state index is -3.81. The molecule has 1 aliphatic rings. The van der Waals surface area contributed by atoms with E-state index in [1.807, 2.05) is 0 Å². The fraction of sp³-hybridized carbons (Fsp3) is 0.444. The van der Waals surface area contributed by atoms with Gasteiger partial charge in [-0.1, -0.05) is 31.2 Å². The molecule has 1 amide bonds. The minimum absolute atomic E-state index is 0.00683. The summed E-state index contributed by atoms with van der Waals surface area (Å²) in [4.78, 5) is 55.0. The van der Waals surface area contributed by atoms with Gasteiger partial charge in [0, 0.05) is 57.2 Å². The van der Waals surface area contributed by atoms with Crippen molar-refractivity contribution >= 4 is 25.2 Å². The van der Waals surface area contributed by atoms with Crippen LogP contribution in [0.2, 0.25) is 0 Å². The van der Waals surface area contributed by atoms with E-state index < -0.39 is 77.2 Å². The first kappa shape index (κ1) is 40.3. The summed E-state index contributed by atoms with van der Waals surface area (Å²) < 4.78 is 59.8. The van der Waals surface area contributed by atoms with Crippen LogP contribution in [0.25, 0.3) is 0 Å². The number of amides is 1. The number of rotatable bonds is 16. The van der Waals surface area contributed by atoms with Crippen LogP contribution in [0.5, 0.6) is 11.5 Å². The van der Waals surface area contributed by atoms with E-state index in [0.29, 0.717) is 11.8 Å². The number of hydrogen-bond acceptors (Lipinski definition) is 10. The highest BCUT2D eigenvalue weighted by Crippen LogP contribution is 2.45. The van der Waals surface area contributed by atoms with Gasteiger partial charge in [-0.05, 0) is 52.4 Å². The number of aromatic hydroxyl groups is 1. The number of para-hydroxylation sites is 1. The number of Topliss-reactive ketones (excluding diaryl/α,β-unsaturated/α-hetero) is 1. The topological polar surface area (TPSA) is 165 Å². The first-order chi connectivity index (χ1) is 24.5. The van der Waals surface area contributed by atoms with Crippen LogP contribution in [0.3, 0.4) is 0 Å². The molecule has 1 aromatic heterocycles. The minimum Gasteiger partial charge on any atom is -0.503 e. The Bertz CT molecular complexity index is 1890. The monoisotopic (exact) mass is 746 g/mol. The number of ether oxygens (including phenoxy) is 2. The first-order valence-electron chi connectivity index (χ1n) is 16.7. The molecule has 13 nitrogen and oxygen atoms in total. The fourth-order valence-electron chi connectivity index (χ4n) is 6.07.